The minimum atomic E-state index is -0.108. The van der Waals surface area contributed by atoms with Crippen LogP contribution in [0.3, 0.4) is 0 Å². The normalized spacial score (nSPS) is 24.6. The molecule has 1 aliphatic carbocycles. The summed E-state index contributed by atoms with van der Waals surface area (Å²) < 4.78 is 1.63. The Labute approximate surface area is 101 Å². The van der Waals surface area contributed by atoms with E-state index in [4.69, 9.17) is 5.73 Å². The van der Waals surface area contributed by atoms with Crippen LogP contribution in [-0.4, -0.2) is 28.3 Å². The molecule has 0 saturated heterocycles. The predicted octanol–water partition coefficient (Wildman–Crippen LogP) is 0.667. The summed E-state index contributed by atoms with van der Waals surface area (Å²) in [5.41, 5.74) is 6.51. The SMILES string of the molecule is Cn1ccc(C(=O)NCC2CCCCC2N)n1. The highest BCUT2D eigenvalue weighted by atomic mass is 16.1. The summed E-state index contributed by atoms with van der Waals surface area (Å²) in [5.74, 6) is 0.305. The van der Waals surface area contributed by atoms with E-state index >= 15 is 0 Å². The lowest BCUT2D eigenvalue weighted by Crippen LogP contribution is -2.41. The van der Waals surface area contributed by atoms with Gasteiger partial charge in [0.1, 0.15) is 5.69 Å². The zero-order valence-electron chi connectivity index (χ0n) is 10.2. The average molecular weight is 236 g/mol. The molecule has 0 spiro atoms. The fraction of sp³-hybridized carbons (Fsp3) is 0.667. The van der Waals surface area contributed by atoms with Gasteiger partial charge in [-0.05, 0) is 24.8 Å². The molecule has 0 radical (unpaired) electrons. The highest BCUT2D eigenvalue weighted by Gasteiger charge is 2.22. The van der Waals surface area contributed by atoms with Gasteiger partial charge in [-0.1, -0.05) is 12.8 Å². The van der Waals surface area contributed by atoms with E-state index in [1.165, 1.54) is 12.8 Å². The minimum absolute atomic E-state index is 0.108. The van der Waals surface area contributed by atoms with E-state index in [1.807, 2.05) is 0 Å². The van der Waals surface area contributed by atoms with Crippen LogP contribution in [0, 0.1) is 5.92 Å². The minimum Gasteiger partial charge on any atom is -0.350 e. The molecular formula is C12H20N4O. The van der Waals surface area contributed by atoms with Crippen molar-refractivity contribution in [3.05, 3.63) is 18.0 Å². The van der Waals surface area contributed by atoms with E-state index in [1.54, 1.807) is 24.0 Å². The zero-order chi connectivity index (χ0) is 12.3. The van der Waals surface area contributed by atoms with Gasteiger partial charge in [-0.2, -0.15) is 5.10 Å². The molecule has 0 aromatic carbocycles. The van der Waals surface area contributed by atoms with Crippen LogP contribution in [0.15, 0.2) is 12.3 Å². The third kappa shape index (κ3) is 3.06. The first-order valence-electron chi connectivity index (χ1n) is 6.20. The van der Waals surface area contributed by atoms with Crippen molar-refractivity contribution in [2.24, 2.45) is 18.7 Å². The van der Waals surface area contributed by atoms with Crippen molar-refractivity contribution in [2.75, 3.05) is 6.54 Å². The molecule has 94 valence electrons. The number of hydrogen-bond acceptors (Lipinski definition) is 3. The van der Waals surface area contributed by atoms with Crippen LogP contribution in [0.4, 0.5) is 0 Å². The lowest BCUT2D eigenvalue weighted by atomic mass is 9.85. The average Bonchev–Trinajstić information content (AvgIpc) is 2.74. The molecule has 1 fully saturated rings. The second kappa shape index (κ2) is 5.31. The number of carbonyl (C=O) groups excluding carboxylic acids is 1. The van der Waals surface area contributed by atoms with Crippen LogP contribution in [0.1, 0.15) is 36.2 Å². The molecule has 1 aromatic heterocycles. The Hall–Kier alpha value is -1.36. The molecule has 1 aromatic rings. The highest BCUT2D eigenvalue weighted by Crippen LogP contribution is 2.22. The Kier molecular flexibility index (Phi) is 3.78. The van der Waals surface area contributed by atoms with E-state index in [0.29, 0.717) is 18.2 Å². The quantitative estimate of drug-likeness (QED) is 0.810. The summed E-state index contributed by atoms with van der Waals surface area (Å²) in [6.45, 7) is 0.663. The third-order valence-electron chi connectivity index (χ3n) is 3.44. The molecule has 5 heteroatoms. The molecule has 0 bridgehead atoms. The van der Waals surface area contributed by atoms with Gasteiger partial charge in [-0.25, -0.2) is 0 Å². The summed E-state index contributed by atoms with van der Waals surface area (Å²) in [4.78, 5) is 11.8. The number of aromatic nitrogens is 2. The molecule has 1 amide bonds. The van der Waals surface area contributed by atoms with Gasteiger partial charge in [0.05, 0.1) is 0 Å². The van der Waals surface area contributed by atoms with Gasteiger partial charge in [0, 0.05) is 25.8 Å². The van der Waals surface area contributed by atoms with Crippen LogP contribution in [-0.2, 0) is 7.05 Å². The Morgan fingerprint density at radius 2 is 2.35 bits per heavy atom. The maximum Gasteiger partial charge on any atom is 0.271 e. The van der Waals surface area contributed by atoms with Crippen molar-refractivity contribution in [3.8, 4) is 0 Å². The van der Waals surface area contributed by atoms with E-state index < -0.39 is 0 Å². The first-order chi connectivity index (χ1) is 8.16. The Balaban J connectivity index is 1.83. The fourth-order valence-corrected chi connectivity index (χ4v) is 2.34. The zero-order valence-corrected chi connectivity index (χ0v) is 10.2. The standard InChI is InChI=1S/C12H20N4O/c1-16-7-6-11(15-16)12(17)14-8-9-4-2-3-5-10(9)13/h6-7,9-10H,2-5,8,13H2,1H3,(H,14,17). The molecule has 5 nitrogen and oxygen atoms in total. The maximum atomic E-state index is 11.8. The number of amides is 1. The Bertz CT molecular complexity index is 388. The van der Waals surface area contributed by atoms with E-state index in [9.17, 15) is 4.79 Å². The van der Waals surface area contributed by atoms with Gasteiger partial charge in [-0.15, -0.1) is 0 Å². The molecule has 0 aliphatic heterocycles. The lowest BCUT2D eigenvalue weighted by Gasteiger charge is -2.28. The molecule has 1 aliphatic rings. The fourth-order valence-electron chi connectivity index (χ4n) is 2.34. The van der Waals surface area contributed by atoms with Crippen molar-refractivity contribution in [1.82, 2.24) is 15.1 Å². The van der Waals surface area contributed by atoms with Gasteiger partial charge < -0.3 is 11.1 Å². The molecule has 2 atom stereocenters. The van der Waals surface area contributed by atoms with Crippen LogP contribution >= 0.6 is 0 Å². The summed E-state index contributed by atoms with van der Waals surface area (Å²) in [5, 5.41) is 6.98. The summed E-state index contributed by atoms with van der Waals surface area (Å²) in [6, 6.07) is 1.95. The molecular weight excluding hydrogens is 216 g/mol. The monoisotopic (exact) mass is 236 g/mol. The Morgan fingerprint density at radius 1 is 1.59 bits per heavy atom. The van der Waals surface area contributed by atoms with Gasteiger partial charge in [-0.3, -0.25) is 9.48 Å². The number of rotatable bonds is 3. The first-order valence-corrected chi connectivity index (χ1v) is 6.20. The lowest BCUT2D eigenvalue weighted by molar-refractivity contribution is 0.0935. The topological polar surface area (TPSA) is 72.9 Å². The van der Waals surface area contributed by atoms with Gasteiger partial charge in [0.15, 0.2) is 0 Å². The third-order valence-corrected chi connectivity index (χ3v) is 3.44. The van der Waals surface area contributed by atoms with Crippen LogP contribution in [0.25, 0.3) is 0 Å². The van der Waals surface area contributed by atoms with Gasteiger partial charge in [0.2, 0.25) is 0 Å². The van der Waals surface area contributed by atoms with E-state index in [2.05, 4.69) is 10.4 Å². The van der Waals surface area contributed by atoms with Crippen molar-refractivity contribution < 1.29 is 4.79 Å². The van der Waals surface area contributed by atoms with E-state index in [-0.39, 0.29) is 11.9 Å². The number of nitrogens with two attached hydrogens (primary N) is 1. The highest BCUT2D eigenvalue weighted by molar-refractivity contribution is 5.92. The number of nitrogens with one attached hydrogen (secondary N) is 1. The molecule has 1 saturated carbocycles. The second-order valence-corrected chi connectivity index (χ2v) is 4.79. The number of aryl methyl sites for hydroxylation is 1. The number of nitrogens with zero attached hydrogens (tertiary/aromatic N) is 2. The molecule has 17 heavy (non-hydrogen) atoms. The summed E-state index contributed by atoms with van der Waals surface area (Å²) in [7, 11) is 1.80. The molecule has 2 rings (SSSR count). The van der Waals surface area contributed by atoms with Crippen LogP contribution in [0.2, 0.25) is 0 Å². The number of carbonyl (C=O) groups is 1. The van der Waals surface area contributed by atoms with Crippen LogP contribution in [0.5, 0.6) is 0 Å². The van der Waals surface area contributed by atoms with Crippen molar-refractivity contribution in [2.45, 2.75) is 31.7 Å². The van der Waals surface area contributed by atoms with Crippen molar-refractivity contribution >= 4 is 5.91 Å². The smallest absolute Gasteiger partial charge is 0.271 e. The second-order valence-electron chi connectivity index (χ2n) is 4.79. The van der Waals surface area contributed by atoms with E-state index in [0.717, 1.165) is 12.8 Å². The molecule has 1 heterocycles. The predicted molar refractivity (Wildman–Crippen MR) is 65.5 cm³/mol. The van der Waals surface area contributed by atoms with Crippen molar-refractivity contribution in [1.29, 1.82) is 0 Å². The van der Waals surface area contributed by atoms with Crippen molar-refractivity contribution in [3.63, 3.8) is 0 Å². The molecule has 3 N–H and O–H groups in total. The summed E-state index contributed by atoms with van der Waals surface area (Å²) in [6.07, 6.45) is 6.39. The van der Waals surface area contributed by atoms with Crippen LogP contribution < -0.4 is 11.1 Å². The van der Waals surface area contributed by atoms with Gasteiger partial charge in [0.25, 0.3) is 5.91 Å². The number of hydrogen-bond donors (Lipinski definition) is 2. The summed E-state index contributed by atoms with van der Waals surface area (Å²) >= 11 is 0. The van der Waals surface area contributed by atoms with Gasteiger partial charge >= 0.3 is 0 Å². The first kappa shape index (κ1) is 12.1. The largest absolute Gasteiger partial charge is 0.350 e. The molecule has 2 unspecified atom stereocenters. The Morgan fingerprint density at radius 3 is 3.00 bits per heavy atom. The maximum absolute atomic E-state index is 11.8.